The van der Waals surface area contributed by atoms with E-state index in [0.717, 1.165) is 18.2 Å². The molecule has 0 aliphatic carbocycles. The van der Waals surface area contributed by atoms with Gasteiger partial charge in [-0.2, -0.15) is 0 Å². The third kappa shape index (κ3) is 2.63. The number of hydrogen-bond acceptors (Lipinski definition) is 3. The highest BCUT2D eigenvalue weighted by atomic mass is 32.2. The molecular weight excluding hydrogens is 261 g/mol. The number of hydrogen-bond donors (Lipinski definition) is 1. The van der Waals surface area contributed by atoms with E-state index in [2.05, 4.69) is 10.3 Å². The third-order valence-corrected chi connectivity index (χ3v) is 4.12. The molecule has 1 aromatic rings. The highest BCUT2D eigenvalue weighted by molar-refractivity contribution is 8.14. The molecule has 98 valence electrons. The maximum atomic E-state index is 13.4. The summed E-state index contributed by atoms with van der Waals surface area (Å²) in [5, 5.41) is 3.13. The van der Waals surface area contributed by atoms with Crippen molar-refractivity contribution in [2.24, 2.45) is 4.99 Å². The van der Waals surface area contributed by atoms with Gasteiger partial charge < -0.3 is 5.32 Å². The molecule has 1 aliphatic heterocycles. The van der Waals surface area contributed by atoms with E-state index in [1.165, 1.54) is 11.8 Å². The summed E-state index contributed by atoms with van der Waals surface area (Å²) in [7, 11) is 0. The van der Waals surface area contributed by atoms with Crippen molar-refractivity contribution in [3.63, 3.8) is 0 Å². The van der Waals surface area contributed by atoms with Gasteiger partial charge in [-0.3, -0.25) is 4.99 Å². The van der Waals surface area contributed by atoms with Crippen LogP contribution < -0.4 is 5.32 Å². The minimum absolute atomic E-state index is 0.199. The Hall–Kier alpha value is -1.17. The highest BCUT2D eigenvalue weighted by Crippen LogP contribution is 2.31. The van der Waals surface area contributed by atoms with Crippen LogP contribution in [0.4, 0.5) is 18.9 Å². The van der Waals surface area contributed by atoms with E-state index in [0.29, 0.717) is 11.2 Å². The van der Waals surface area contributed by atoms with Gasteiger partial charge in [-0.1, -0.05) is 18.7 Å². The molecule has 0 saturated carbocycles. The van der Waals surface area contributed by atoms with Crippen LogP contribution in [0.5, 0.6) is 0 Å². The second-order valence-electron chi connectivity index (χ2n) is 4.43. The molecule has 2 nitrogen and oxygen atoms in total. The minimum atomic E-state index is -1.21. The van der Waals surface area contributed by atoms with Crippen LogP contribution in [-0.2, 0) is 0 Å². The first-order valence-corrected chi connectivity index (χ1v) is 6.56. The Kier molecular flexibility index (Phi) is 3.56. The van der Waals surface area contributed by atoms with Crippen molar-refractivity contribution in [3.8, 4) is 0 Å². The summed E-state index contributed by atoms with van der Waals surface area (Å²) in [6.45, 7) is 3.99. The van der Waals surface area contributed by atoms with Gasteiger partial charge in [0.2, 0.25) is 0 Å². The predicted octanol–water partition coefficient (Wildman–Crippen LogP) is 3.79. The standard InChI is InChI=1S/C12H13F3N2S/c1-3-12(2)6-18-11(17-12)16-9-5-7(13)4-8(14)10(9)15/h4-5H,3,6H2,1-2H3,(H,16,17). The van der Waals surface area contributed by atoms with Gasteiger partial charge in [0.25, 0.3) is 0 Å². The molecule has 1 aromatic carbocycles. The molecule has 6 heteroatoms. The summed E-state index contributed by atoms with van der Waals surface area (Å²) in [5.41, 5.74) is -0.422. The molecule has 1 unspecified atom stereocenters. The zero-order valence-corrected chi connectivity index (χ0v) is 10.9. The number of rotatable bonds is 2. The largest absolute Gasteiger partial charge is 0.332 e. The van der Waals surface area contributed by atoms with Crippen LogP contribution in [0, 0.1) is 17.5 Å². The predicted molar refractivity (Wildman–Crippen MR) is 68.5 cm³/mol. The molecule has 0 bridgehead atoms. The molecule has 0 fully saturated rings. The van der Waals surface area contributed by atoms with Gasteiger partial charge >= 0.3 is 0 Å². The highest BCUT2D eigenvalue weighted by Gasteiger charge is 2.29. The molecule has 18 heavy (non-hydrogen) atoms. The van der Waals surface area contributed by atoms with Crippen molar-refractivity contribution < 1.29 is 13.2 Å². The van der Waals surface area contributed by atoms with E-state index in [1.807, 2.05) is 13.8 Å². The van der Waals surface area contributed by atoms with E-state index < -0.39 is 17.5 Å². The molecule has 1 N–H and O–H groups in total. The fourth-order valence-electron chi connectivity index (χ4n) is 1.54. The first-order chi connectivity index (χ1) is 8.43. The van der Waals surface area contributed by atoms with Crippen molar-refractivity contribution in [1.29, 1.82) is 0 Å². The summed E-state index contributed by atoms with van der Waals surface area (Å²) in [5.74, 6) is -2.35. The smallest absolute Gasteiger partial charge is 0.182 e. The molecule has 1 atom stereocenters. The number of nitrogens with zero attached hydrogens (tertiary/aromatic N) is 1. The van der Waals surface area contributed by atoms with Crippen molar-refractivity contribution in [2.75, 3.05) is 11.1 Å². The molecule has 1 heterocycles. The normalized spacial score (nSPS) is 23.1. The Morgan fingerprint density at radius 2 is 2.11 bits per heavy atom. The SMILES string of the molecule is CCC1(C)CSC(Nc2cc(F)cc(F)c2F)=N1. The van der Waals surface area contributed by atoms with Crippen LogP contribution in [-0.4, -0.2) is 16.5 Å². The van der Waals surface area contributed by atoms with Crippen LogP contribution in [0.2, 0.25) is 0 Å². The van der Waals surface area contributed by atoms with E-state index in [-0.39, 0.29) is 11.2 Å². The lowest BCUT2D eigenvalue weighted by molar-refractivity contribution is 0.498. The van der Waals surface area contributed by atoms with Gasteiger partial charge in [0, 0.05) is 17.9 Å². The second-order valence-corrected chi connectivity index (χ2v) is 5.39. The van der Waals surface area contributed by atoms with Crippen LogP contribution in [0.25, 0.3) is 0 Å². The lowest BCUT2D eigenvalue weighted by Gasteiger charge is -2.15. The average molecular weight is 274 g/mol. The van der Waals surface area contributed by atoms with Crippen molar-refractivity contribution in [3.05, 3.63) is 29.6 Å². The van der Waals surface area contributed by atoms with Crippen LogP contribution in [0.3, 0.4) is 0 Å². The van der Waals surface area contributed by atoms with Gasteiger partial charge in [-0.15, -0.1) is 0 Å². The first kappa shape index (κ1) is 13.3. The number of aliphatic imine (C=N–C) groups is 1. The zero-order chi connectivity index (χ0) is 13.3. The average Bonchev–Trinajstić information content (AvgIpc) is 2.68. The Morgan fingerprint density at radius 3 is 2.72 bits per heavy atom. The van der Waals surface area contributed by atoms with Crippen molar-refractivity contribution >= 4 is 22.6 Å². The minimum Gasteiger partial charge on any atom is -0.332 e. The maximum Gasteiger partial charge on any atom is 0.182 e. The van der Waals surface area contributed by atoms with Gasteiger partial charge in [0.1, 0.15) is 5.82 Å². The Labute approximate surface area is 108 Å². The lowest BCUT2D eigenvalue weighted by atomic mass is 10.0. The Morgan fingerprint density at radius 1 is 1.39 bits per heavy atom. The number of anilines is 1. The van der Waals surface area contributed by atoms with Crippen molar-refractivity contribution in [2.45, 2.75) is 25.8 Å². The number of nitrogens with one attached hydrogen (secondary N) is 1. The Bertz CT molecular complexity index is 504. The van der Waals surface area contributed by atoms with Crippen LogP contribution >= 0.6 is 11.8 Å². The monoisotopic (exact) mass is 274 g/mol. The fourth-order valence-corrected chi connectivity index (χ4v) is 2.72. The van der Waals surface area contributed by atoms with E-state index in [1.54, 1.807) is 0 Å². The second kappa shape index (κ2) is 4.84. The number of thioether (sulfide) groups is 1. The van der Waals surface area contributed by atoms with Crippen molar-refractivity contribution in [1.82, 2.24) is 0 Å². The molecule has 1 aliphatic rings. The van der Waals surface area contributed by atoms with E-state index in [4.69, 9.17) is 0 Å². The van der Waals surface area contributed by atoms with Crippen LogP contribution in [0.1, 0.15) is 20.3 Å². The quantitative estimate of drug-likeness (QED) is 0.830. The molecule has 2 rings (SSSR count). The molecule has 0 amide bonds. The van der Waals surface area contributed by atoms with Gasteiger partial charge in [-0.25, -0.2) is 13.2 Å². The topological polar surface area (TPSA) is 24.4 Å². The third-order valence-electron chi connectivity index (χ3n) is 2.89. The molecule has 0 spiro atoms. The zero-order valence-electron chi connectivity index (χ0n) is 10.1. The summed E-state index contributed by atoms with van der Waals surface area (Å²) >= 11 is 1.42. The Balaban J connectivity index is 2.23. The molecule has 0 aromatic heterocycles. The van der Waals surface area contributed by atoms with E-state index >= 15 is 0 Å². The number of halogens is 3. The molecular formula is C12H13F3N2S. The first-order valence-electron chi connectivity index (χ1n) is 5.58. The van der Waals surface area contributed by atoms with Gasteiger partial charge in [0.05, 0.1) is 11.2 Å². The number of amidine groups is 1. The maximum absolute atomic E-state index is 13.4. The summed E-state index contributed by atoms with van der Waals surface area (Å²) in [6, 6.07) is 1.43. The summed E-state index contributed by atoms with van der Waals surface area (Å²) < 4.78 is 39.5. The summed E-state index contributed by atoms with van der Waals surface area (Å²) in [4.78, 5) is 4.39. The fraction of sp³-hybridized carbons (Fsp3) is 0.417. The lowest BCUT2D eigenvalue weighted by Crippen LogP contribution is -2.20. The van der Waals surface area contributed by atoms with Gasteiger partial charge in [0.15, 0.2) is 16.8 Å². The van der Waals surface area contributed by atoms with Crippen LogP contribution in [0.15, 0.2) is 17.1 Å². The number of benzene rings is 1. The summed E-state index contributed by atoms with van der Waals surface area (Å²) in [6.07, 6.45) is 0.852. The van der Waals surface area contributed by atoms with E-state index in [9.17, 15) is 13.2 Å². The van der Waals surface area contributed by atoms with Gasteiger partial charge in [-0.05, 0) is 13.3 Å². The molecule has 0 saturated heterocycles. The molecule has 0 radical (unpaired) electrons.